The van der Waals surface area contributed by atoms with E-state index in [1.165, 1.54) is 0 Å². The van der Waals surface area contributed by atoms with E-state index in [0.29, 0.717) is 13.0 Å². The third-order valence-corrected chi connectivity index (χ3v) is 2.96. The smallest absolute Gasteiger partial charge is 0.315 e. The molecule has 100 valence electrons. The molecule has 0 aromatic rings. The summed E-state index contributed by atoms with van der Waals surface area (Å²) < 4.78 is 5.13. The SMILES string of the molecule is CC#CCCNC(=O)NC1COCC1(C)C(=O)O. The average molecular weight is 254 g/mol. The van der Waals surface area contributed by atoms with Crippen LogP contribution in [-0.4, -0.2) is 42.9 Å². The van der Waals surface area contributed by atoms with Gasteiger partial charge in [0.25, 0.3) is 0 Å². The van der Waals surface area contributed by atoms with E-state index in [4.69, 9.17) is 9.84 Å². The molecule has 0 aromatic carbocycles. The Labute approximate surface area is 106 Å². The van der Waals surface area contributed by atoms with Gasteiger partial charge in [0, 0.05) is 13.0 Å². The van der Waals surface area contributed by atoms with Gasteiger partial charge in [-0.25, -0.2) is 4.79 Å². The third kappa shape index (κ3) is 3.37. The van der Waals surface area contributed by atoms with Crippen molar-refractivity contribution in [3.63, 3.8) is 0 Å². The molecule has 1 aliphatic heterocycles. The highest BCUT2D eigenvalue weighted by Gasteiger charge is 2.47. The van der Waals surface area contributed by atoms with E-state index in [2.05, 4.69) is 22.5 Å². The van der Waals surface area contributed by atoms with Crippen LogP contribution >= 0.6 is 0 Å². The number of rotatable bonds is 4. The Morgan fingerprint density at radius 2 is 2.28 bits per heavy atom. The molecule has 6 heteroatoms. The molecule has 0 bridgehead atoms. The van der Waals surface area contributed by atoms with Gasteiger partial charge in [0.1, 0.15) is 5.41 Å². The summed E-state index contributed by atoms with van der Waals surface area (Å²) >= 11 is 0. The maximum absolute atomic E-state index is 11.6. The lowest BCUT2D eigenvalue weighted by Gasteiger charge is -2.25. The van der Waals surface area contributed by atoms with Gasteiger partial charge in [-0.2, -0.15) is 0 Å². The number of urea groups is 1. The predicted molar refractivity (Wildman–Crippen MR) is 65.0 cm³/mol. The van der Waals surface area contributed by atoms with E-state index in [-0.39, 0.29) is 13.2 Å². The monoisotopic (exact) mass is 254 g/mol. The van der Waals surface area contributed by atoms with Gasteiger partial charge in [-0.1, -0.05) is 0 Å². The molecule has 2 atom stereocenters. The van der Waals surface area contributed by atoms with Crippen molar-refractivity contribution in [3.8, 4) is 11.8 Å². The number of aliphatic carboxylic acids is 1. The second-order valence-corrected chi connectivity index (χ2v) is 4.37. The van der Waals surface area contributed by atoms with Crippen LogP contribution in [0, 0.1) is 17.3 Å². The molecule has 3 N–H and O–H groups in total. The van der Waals surface area contributed by atoms with Gasteiger partial charge in [0.15, 0.2) is 0 Å². The number of amides is 2. The quantitative estimate of drug-likeness (QED) is 0.493. The van der Waals surface area contributed by atoms with E-state index in [1.54, 1.807) is 13.8 Å². The first-order valence-electron chi connectivity index (χ1n) is 5.76. The van der Waals surface area contributed by atoms with E-state index in [9.17, 15) is 9.59 Å². The molecule has 6 nitrogen and oxygen atoms in total. The van der Waals surface area contributed by atoms with Gasteiger partial charge in [-0.3, -0.25) is 4.79 Å². The van der Waals surface area contributed by atoms with Crippen molar-refractivity contribution in [3.05, 3.63) is 0 Å². The molecule has 18 heavy (non-hydrogen) atoms. The zero-order valence-corrected chi connectivity index (χ0v) is 10.6. The number of carbonyl (C=O) groups excluding carboxylic acids is 1. The van der Waals surface area contributed by atoms with E-state index in [0.717, 1.165) is 0 Å². The van der Waals surface area contributed by atoms with Gasteiger partial charge in [-0.15, -0.1) is 11.8 Å². The summed E-state index contributed by atoms with van der Waals surface area (Å²) in [5.74, 6) is 4.57. The van der Waals surface area contributed by atoms with Gasteiger partial charge < -0.3 is 20.5 Å². The zero-order valence-electron chi connectivity index (χ0n) is 10.6. The maximum atomic E-state index is 11.6. The number of hydrogen-bond donors (Lipinski definition) is 3. The van der Waals surface area contributed by atoms with Crippen LogP contribution < -0.4 is 10.6 Å². The van der Waals surface area contributed by atoms with Gasteiger partial charge in [0.2, 0.25) is 0 Å². The lowest BCUT2D eigenvalue weighted by molar-refractivity contribution is -0.148. The average Bonchev–Trinajstić information content (AvgIpc) is 2.68. The molecular weight excluding hydrogens is 236 g/mol. The second kappa shape index (κ2) is 6.26. The Bertz CT molecular complexity index is 385. The van der Waals surface area contributed by atoms with Crippen LogP contribution in [-0.2, 0) is 9.53 Å². The topological polar surface area (TPSA) is 87.7 Å². The van der Waals surface area contributed by atoms with Crippen molar-refractivity contribution in [2.24, 2.45) is 5.41 Å². The standard InChI is InChI=1S/C12H18N2O4/c1-3-4-5-6-13-11(17)14-9-7-18-8-12(9,2)10(15)16/h9H,5-8H2,1-2H3,(H,15,16)(H2,13,14,17). The van der Waals surface area contributed by atoms with E-state index in [1.807, 2.05) is 0 Å². The third-order valence-electron chi connectivity index (χ3n) is 2.96. The molecule has 1 aliphatic rings. The Balaban J connectivity index is 2.43. The van der Waals surface area contributed by atoms with Crippen LogP contribution in [0.2, 0.25) is 0 Å². The largest absolute Gasteiger partial charge is 0.481 e. The van der Waals surface area contributed by atoms with E-state index >= 15 is 0 Å². The summed E-state index contributed by atoms with van der Waals surface area (Å²) in [4.78, 5) is 22.7. The molecule has 0 aromatic heterocycles. The van der Waals surface area contributed by atoms with Crippen LogP contribution in [0.15, 0.2) is 0 Å². The van der Waals surface area contributed by atoms with Crippen molar-refractivity contribution < 1.29 is 19.4 Å². The summed E-state index contributed by atoms with van der Waals surface area (Å²) in [6.45, 7) is 4.05. The van der Waals surface area contributed by atoms with Gasteiger partial charge in [-0.05, 0) is 13.8 Å². The number of carboxylic acid groups (broad SMARTS) is 1. The lowest BCUT2D eigenvalue weighted by Crippen LogP contribution is -2.52. The molecule has 0 aliphatic carbocycles. The van der Waals surface area contributed by atoms with Crippen molar-refractivity contribution >= 4 is 12.0 Å². The first-order valence-corrected chi connectivity index (χ1v) is 5.76. The van der Waals surface area contributed by atoms with Crippen LogP contribution in [0.4, 0.5) is 4.79 Å². The molecule has 2 unspecified atom stereocenters. The normalized spacial score (nSPS) is 26.0. The molecule has 0 spiro atoms. The molecule has 0 saturated carbocycles. The maximum Gasteiger partial charge on any atom is 0.315 e. The molecule has 0 radical (unpaired) electrons. The number of nitrogens with one attached hydrogen (secondary N) is 2. The highest BCUT2D eigenvalue weighted by atomic mass is 16.5. The fourth-order valence-electron chi connectivity index (χ4n) is 1.66. The lowest BCUT2D eigenvalue weighted by atomic mass is 9.85. The van der Waals surface area contributed by atoms with Crippen LogP contribution in [0.25, 0.3) is 0 Å². The molecule has 1 rings (SSSR count). The Kier molecular flexibility index (Phi) is 4.98. The summed E-state index contributed by atoms with van der Waals surface area (Å²) in [6.07, 6.45) is 0.571. The fraction of sp³-hybridized carbons (Fsp3) is 0.667. The van der Waals surface area contributed by atoms with Gasteiger partial charge in [0.05, 0.1) is 19.3 Å². The minimum Gasteiger partial charge on any atom is -0.481 e. The first kappa shape index (κ1) is 14.3. The van der Waals surface area contributed by atoms with Gasteiger partial charge >= 0.3 is 12.0 Å². The van der Waals surface area contributed by atoms with Crippen molar-refractivity contribution in [1.29, 1.82) is 0 Å². The number of carbonyl (C=O) groups is 2. The van der Waals surface area contributed by atoms with Crippen LogP contribution in [0.1, 0.15) is 20.3 Å². The van der Waals surface area contributed by atoms with Crippen molar-refractivity contribution in [1.82, 2.24) is 10.6 Å². The Morgan fingerprint density at radius 1 is 1.56 bits per heavy atom. The fourth-order valence-corrected chi connectivity index (χ4v) is 1.66. The zero-order chi connectivity index (χ0) is 13.6. The van der Waals surface area contributed by atoms with Crippen LogP contribution in [0.3, 0.4) is 0 Å². The van der Waals surface area contributed by atoms with Crippen molar-refractivity contribution in [2.75, 3.05) is 19.8 Å². The first-order chi connectivity index (χ1) is 8.50. The summed E-state index contributed by atoms with van der Waals surface area (Å²) in [7, 11) is 0. The summed E-state index contributed by atoms with van der Waals surface area (Å²) in [6, 6.07) is -0.914. The molecule has 2 amide bonds. The Morgan fingerprint density at radius 3 is 2.89 bits per heavy atom. The Hall–Kier alpha value is -1.74. The number of carboxylic acids is 1. The van der Waals surface area contributed by atoms with Crippen molar-refractivity contribution in [2.45, 2.75) is 26.3 Å². The molecule has 1 fully saturated rings. The number of hydrogen-bond acceptors (Lipinski definition) is 3. The number of ether oxygens (including phenoxy) is 1. The van der Waals surface area contributed by atoms with Crippen LogP contribution in [0.5, 0.6) is 0 Å². The second-order valence-electron chi connectivity index (χ2n) is 4.37. The van der Waals surface area contributed by atoms with E-state index < -0.39 is 23.5 Å². The molecule has 1 heterocycles. The predicted octanol–water partition coefficient (Wildman–Crippen LogP) is 0.189. The minimum atomic E-state index is -1.07. The molecule has 1 saturated heterocycles. The minimum absolute atomic E-state index is 0.106. The summed E-state index contributed by atoms with van der Waals surface area (Å²) in [5.41, 5.74) is -1.07. The summed E-state index contributed by atoms with van der Waals surface area (Å²) in [5, 5.41) is 14.4. The molecular formula is C12H18N2O4. The highest BCUT2D eigenvalue weighted by Crippen LogP contribution is 2.28. The highest BCUT2D eigenvalue weighted by molar-refractivity contribution is 5.79.